The van der Waals surface area contributed by atoms with Crippen molar-refractivity contribution in [3.8, 4) is 0 Å². The molecule has 0 amide bonds. The number of rotatable bonds is 4. The summed E-state index contributed by atoms with van der Waals surface area (Å²) in [5.41, 5.74) is 4.12. The molecule has 2 aromatic rings. The molecular weight excluding hydrogens is 444 g/mol. The molecule has 1 atom stereocenters. The van der Waals surface area contributed by atoms with Crippen LogP contribution in [0.15, 0.2) is 43.1 Å². The zero-order valence-corrected chi connectivity index (χ0v) is 14.9. The first-order valence-corrected chi connectivity index (χ1v) is 8.45. The molecule has 1 heterocycles. The van der Waals surface area contributed by atoms with Crippen molar-refractivity contribution in [2.24, 2.45) is 5.84 Å². The van der Waals surface area contributed by atoms with Crippen molar-refractivity contribution in [2.75, 3.05) is 0 Å². The first-order valence-electron chi connectivity index (χ1n) is 5.25. The number of nitrogens with one attached hydrogen (secondary N) is 1. The molecule has 3 N–H and O–H groups in total. The van der Waals surface area contributed by atoms with Gasteiger partial charge in [0.05, 0.1) is 9.83 Å². The minimum Gasteiger partial charge on any atom is -0.271 e. The predicted molar refractivity (Wildman–Crippen MR) is 87.6 cm³/mol. The van der Waals surface area contributed by atoms with E-state index in [-0.39, 0.29) is 6.04 Å². The van der Waals surface area contributed by atoms with Crippen LogP contribution >= 0.6 is 59.1 Å². The summed E-state index contributed by atoms with van der Waals surface area (Å²) < 4.78 is 3.24. The molecule has 1 aromatic heterocycles. The van der Waals surface area contributed by atoms with Gasteiger partial charge >= 0.3 is 0 Å². The summed E-state index contributed by atoms with van der Waals surface area (Å²) in [6.07, 6.45) is 0.856. The third-order valence-corrected chi connectivity index (χ3v) is 6.40. The lowest BCUT2D eigenvalue weighted by molar-refractivity contribution is 0.560. The van der Waals surface area contributed by atoms with Crippen molar-refractivity contribution < 1.29 is 0 Å². The molecule has 2 nitrogen and oxygen atoms in total. The van der Waals surface area contributed by atoms with Crippen molar-refractivity contribution in [1.82, 2.24) is 5.43 Å². The lowest BCUT2D eigenvalue weighted by Crippen LogP contribution is -2.28. The molecule has 2 rings (SSSR count). The molecule has 6 heteroatoms. The van der Waals surface area contributed by atoms with Gasteiger partial charge in [-0.15, -0.1) is 11.3 Å². The maximum atomic E-state index is 5.66. The van der Waals surface area contributed by atoms with Crippen molar-refractivity contribution in [1.29, 1.82) is 0 Å². The number of hydrogen-bond acceptors (Lipinski definition) is 3. The highest BCUT2D eigenvalue weighted by Crippen LogP contribution is 2.36. The Morgan fingerprint density at radius 1 is 1.22 bits per heavy atom. The van der Waals surface area contributed by atoms with Crippen LogP contribution < -0.4 is 11.3 Å². The quantitative estimate of drug-likeness (QED) is 0.515. The third-order valence-electron chi connectivity index (χ3n) is 2.54. The van der Waals surface area contributed by atoms with Crippen molar-refractivity contribution >= 4 is 59.1 Å². The number of hydrogen-bond donors (Lipinski definition) is 2. The Morgan fingerprint density at radius 3 is 2.56 bits per heavy atom. The van der Waals surface area contributed by atoms with E-state index in [1.54, 1.807) is 11.3 Å². The number of nitrogens with two attached hydrogens (primary N) is 1. The van der Waals surface area contributed by atoms with E-state index < -0.39 is 0 Å². The lowest BCUT2D eigenvalue weighted by Gasteiger charge is -2.14. The van der Waals surface area contributed by atoms with Crippen LogP contribution in [0.25, 0.3) is 0 Å². The van der Waals surface area contributed by atoms with E-state index in [4.69, 9.17) is 5.84 Å². The average Bonchev–Trinajstić information content (AvgIpc) is 2.66. The topological polar surface area (TPSA) is 38.0 Å². The molecule has 0 aliphatic carbocycles. The number of benzene rings is 1. The molecule has 0 saturated carbocycles. The van der Waals surface area contributed by atoms with Crippen molar-refractivity contribution in [2.45, 2.75) is 12.5 Å². The van der Waals surface area contributed by atoms with Crippen molar-refractivity contribution in [3.05, 3.63) is 53.5 Å². The smallest absolute Gasteiger partial charge is 0.0843 e. The molecule has 1 unspecified atom stereocenters. The largest absolute Gasteiger partial charge is 0.271 e. The summed E-state index contributed by atoms with van der Waals surface area (Å²) in [5.74, 6) is 5.66. The number of hydrazine groups is 1. The van der Waals surface area contributed by atoms with E-state index in [9.17, 15) is 0 Å². The van der Waals surface area contributed by atoms with Gasteiger partial charge in [0.15, 0.2) is 0 Å². The van der Waals surface area contributed by atoms with Crippen LogP contribution in [0.5, 0.6) is 0 Å². The fourth-order valence-electron chi connectivity index (χ4n) is 1.68. The monoisotopic (exact) mass is 452 g/mol. The Labute approximate surface area is 135 Å². The van der Waals surface area contributed by atoms with Gasteiger partial charge in [-0.1, -0.05) is 28.1 Å². The Bertz CT molecular complexity index is 522. The highest BCUT2D eigenvalue weighted by molar-refractivity contribution is 9.13. The number of thiophene rings is 1. The number of halogens is 3. The van der Waals surface area contributed by atoms with Gasteiger partial charge in [0, 0.05) is 13.8 Å². The summed E-state index contributed by atoms with van der Waals surface area (Å²) >= 11 is 12.2. The zero-order valence-electron chi connectivity index (χ0n) is 9.29. The van der Waals surface area contributed by atoms with Crippen molar-refractivity contribution in [3.63, 3.8) is 0 Å². The second-order valence-electron chi connectivity index (χ2n) is 3.82. The maximum Gasteiger partial charge on any atom is 0.0843 e. The SMILES string of the molecule is NNC(Cc1cccc(Br)c1)c1cc(Br)c(Br)s1. The van der Waals surface area contributed by atoms with Gasteiger partial charge < -0.3 is 0 Å². The minimum absolute atomic E-state index is 0.117. The van der Waals surface area contributed by atoms with Gasteiger partial charge in [0.25, 0.3) is 0 Å². The first kappa shape index (κ1) is 14.7. The van der Waals surface area contributed by atoms with E-state index in [0.717, 1.165) is 19.2 Å². The molecule has 0 fully saturated rings. The third kappa shape index (κ3) is 3.65. The molecule has 0 bridgehead atoms. The van der Waals surface area contributed by atoms with Gasteiger partial charge in [0.1, 0.15) is 0 Å². The molecule has 0 aliphatic heterocycles. The normalized spacial score (nSPS) is 12.7. The Morgan fingerprint density at radius 2 is 2.00 bits per heavy atom. The van der Waals surface area contributed by atoms with Gasteiger partial charge in [-0.25, -0.2) is 0 Å². The van der Waals surface area contributed by atoms with E-state index in [1.165, 1.54) is 10.4 Å². The van der Waals surface area contributed by atoms with E-state index in [1.807, 2.05) is 12.1 Å². The van der Waals surface area contributed by atoms with Crippen LogP contribution in [0, 0.1) is 0 Å². The van der Waals surface area contributed by atoms with E-state index >= 15 is 0 Å². The summed E-state index contributed by atoms with van der Waals surface area (Å²) in [6, 6.07) is 10.5. The van der Waals surface area contributed by atoms with E-state index in [0.29, 0.717) is 0 Å². The Balaban J connectivity index is 2.19. The molecule has 0 spiro atoms. The predicted octanol–water partition coefficient (Wildman–Crippen LogP) is 4.78. The van der Waals surface area contributed by atoms with Gasteiger partial charge in [-0.2, -0.15) is 0 Å². The summed E-state index contributed by atoms with van der Waals surface area (Å²) in [4.78, 5) is 1.20. The molecule has 0 aliphatic rings. The summed E-state index contributed by atoms with van der Waals surface area (Å²) in [7, 11) is 0. The molecule has 0 saturated heterocycles. The molecule has 1 aromatic carbocycles. The summed E-state index contributed by atoms with van der Waals surface area (Å²) in [5, 5.41) is 0. The van der Waals surface area contributed by atoms with Crippen LogP contribution in [0.2, 0.25) is 0 Å². The molecule has 96 valence electrons. The lowest BCUT2D eigenvalue weighted by atomic mass is 10.1. The standard InChI is InChI=1S/C12H11Br3N2S/c13-8-3-1-2-7(4-8)5-10(17-16)11-6-9(14)12(15)18-11/h1-4,6,10,17H,5,16H2. The minimum atomic E-state index is 0.117. The molecule has 0 radical (unpaired) electrons. The van der Waals surface area contributed by atoms with Crippen LogP contribution in [0.3, 0.4) is 0 Å². The fourth-order valence-corrected chi connectivity index (χ4v) is 4.27. The first-order chi connectivity index (χ1) is 8.60. The molecule has 18 heavy (non-hydrogen) atoms. The summed E-state index contributed by atoms with van der Waals surface area (Å²) in [6.45, 7) is 0. The average molecular weight is 455 g/mol. The fraction of sp³-hybridized carbons (Fsp3) is 0.167. The molecular formula is C12H11Br3N2S. The second kappa shape index (κ2) is 6.63. The Hall–Kier alpha value is 0.280. The van der Waals surface area contributed by atoms with Crippen LogP contribution in [0.1, 0.15) is 16.5 Å². The highest BCUT2D eigenvalue weighted by atomic mass is 79.9. The second-order valence-corrected chi connectivity index (χ2v) is 8.00. The van der Waals surface area contributed by atoms with Crippen LogP contribution in [0.4, 0.5) is 0 Å². The Kier molecular flexibility index (Phi) is 5.41. The van der Waals surface area contributed by atoms with Gasteiger partial charge in [0.2, 0.25) is 0 Å². The maximum absolute atomic E-state index is 5.66. The highest BCUT2D eigenvalue weighted by Gasteiger charge is 2.15. The van der Waals surface area contributed by atoms with Crippen LogP contribution in [-0.4, -0.2) is 0 Å². The zero-order chi connectivity index (χ0) is 13.1. The van der Waals surface area contributed by atoms with Gasteiger partial charge in [-0.3, -0.25) is 11.3 Å². The van der Waals surface area contributed by atoms with Crippen LogP contribution in [-0.2, 0) is 6.42 Å². The van der Waals surface area contributed by atoms with E-state index in [2.05, 4.69) is 71.4 Å². The van der Waals surface area contributed by atoms with Gasteiger partial charge in [-0.05, 0) is 62.0 Å².